The molecule has 0 aromatic heterocycles. The summed E-state index contributed by atoms with van der Waals surface area (Å²) in [5, 5.41) is 0. The Balaban J connectivity index is 3.65. The van der Waals surface area contributed by atoms with Crippen LogP contribution in [0.1, 0.15) is 27.8 Å². The second kappa shape index (κ2) is 2.27. The van der Waals surface area contributed by atoms with E-state index in [1.165, 1.54) is 0 Å². The van der Waals surface area contributed by atoms with Gasteiger partial charge in [0.05, 0.1) is 0 Å². The molecule has 0 radical (unpaired) electrons. The molecule has 0 aromatic rings. The molecule has 46 valence electrons. The van der Waals surface area contributed by atoms with Crippen LogP contribution in [-0.4, -0.2) is 30.7 Å². The van der Waals surface area contributed by atoms with Gasteiger partial charge in [-0.1, -0.05) is 0 Å². The predicted octanol–water partition coefficient (Wildman–Crippen LogP) is 0.281. The van der Waals surface area contributed by atoms with Crippen LogP contribution >= 0.6 is 0 Å². The van der Waals surface area contributed by atoms with E-state index in [0.29, 0.717) is 0 Å². The number of ketones is 1. The Morgan fingerprint density at radius 2 is 2.38 bits per heavy atom. The monoisotopic (exact) mass is 124 g/mol. The van der Waals surface area contributed by atoms with Gasteiger partial charge >= 0.3 is 0 Å². The van der Waals surface area contributed by atoms with Crippen molar-refractivity contribution in [3.05, 3.63) is 0 Å². The van der Waals surface area contributed by atoms with E-state index in [-0.39, 0.29) is 0 Å². The van der Waals surface area contributed by atoms with Crippen molar-refractivity contribution in [2.24, 2.45) is 0 Å². The molecule has 1 rings (SSSR count). The zero-order valence-electron chi connectivity index (χ0n) is 14.9. The Morgan fingerprint density at radius 3 is 2.88 bits per heavy atom. The van der Waals surface area contributed by atoms with Crippen molar-refractivity contribution in [1.82, 2.24) is 4.90 Å². The lowest BCUT2D eigenvalue weighted by atomic mass is 10.1. The number of carbonyl (C=O) groups excluding carboxylic acids is 1. The molecule has 0 atom stereocenters. The van der Waals surface area contributed by atoms with Crippen LogP contribution in [0.25, 0.3) is 0 Å². The minimum atomic E-state index is -3.52. The van der Waals surface area contributed by atoms with Gasteiger partial charge in [-0.15, -0.1) is 0 Å². The second-order valence-corrected chi connectivity index (χ2v) is 1.14. The summed E-state index contributed by atoms with van der Waals surface area (Å²) in [5.41, 5.74) is 0. The zero-order valence-corrected chi connectivity index (χ0v) is 3.86. The van der Waals surface area contributed by atoms with Crippen LogP contribution in [-0.2, 0) is 4.79 Å². The van der Waals surface area contributed by atoms with Crippen molar-refractivity contribution < 1.29 is 19.9 Å². The van der Waals surface area contributed by atoms with Crippen LogP contribution in [0, 0.1) is 0 Å². The summed E-state index contributed by atoms with van der Waals surface area (Å²) in [4.78, 5) is 11.1. The van der Waals surface area contributed by atoms with Gasteiger partial charge in [-0.3, -0.25) is 4.79 Å². The Morgan fingerprint density at radius 1 is 1.75 bits per heavy atom. The van der Waals surface area contributed by atoms with E-state index in [4.69, 9.17) is 15.1 Å². The number of Topliss-reactive ketones (excluding diaryl/α,β-unsaturated/α-hetero) is 1. The summed E-state index contributed by atoms with van der Waals surface area (Å²) in [6.07, 6.45) is -7.01. The molecule has 2 nitrogen and oxygen atoms in total. The number of piperidine rings is 1. The summed E-state index contributed by atoms with van der Waals surface area (Å²) < 4.78 is 80.3. The third-order valence-corrected chi connectivity index (χ3v) is 0.562. The number of nitrogens with zero attached hydrogens (tertiary/aromatic N) is 1. The number of hydrogen-bond donors (Lipinski definition) is 0. The van der Waals surface area contributed by atoms with Gasteiger partial charge in [0.25, 0.3) is 0 Å². The smallest absolute Gasteiger partial charge is 0.135 e. The van der Waals surface area contributed by atoms with Crippen molar-refractivity contribution in [3.8, 4) is 0 Å². The van der Waals surface area contributed by atoms with Crippen LogP contribution in [0.3, 0.4) is 0 Å². The van der Waals surface area contributed by atoms with Crippen LogP contribution in [0.2, 0.25) is 0 Å². The van der Waals surface area contributed by atoms with Gasteiger partial charge in [-0.2, -0.15) is 0 Å². The molecule has 1 aliphatic heterocycles. The number of hydrogen-bond acceptors (Lipinski definition) is 2. The van der Waals surface area contributed by atoms with E-state index in [0.717, 1.165) is 0 Å². The van der Waals surface area contributed by atoms with Crippen molar-refractivity contribution >= 4 is 5.78 Å². The molecule has 1 heterocycles. The fourth-order valence-electron chi connectivity index (χ4n) is 0.273. The van der Waals surface area contributed by atoms with Gasteiger partial charge < -0.3 is 4.90 Å². The average molecular weight is 124 g/mol. The predicted molar refractivity (Wildman–Crippen MR) is 31.7 cm³/mol. The first-order valence-corrected chi connectivity index (χ1v) is 1.87. The summed E-state index contributed by atoms with van der Waals surface area (Å²) in [5.74, 6) is -1.96. The number of likely N-dealkylation sites (tertiary alicyclic amines) is 1. The molecule has 0 N–H and O–H groups in total. The lowest BCUT2D eigenvalue weighted by molar-refractivity contribution is -0.121. The first kappa shape index (κ1) is 0.966. The molecule has 1 aliphatic rings. The van der Waals surface area contributed by atoms with Crippen LogP contribution in [0.5, 0.6) is 0 Å². The van der Waals surface area contributed by atoms with Crippen LogP contribution in [0.15, 0.2) is 0 Å². The lowest BCUT2D eigenvalue weighted by Gasteiger charge is -2.19. The van der Waals surface area contributed by atoms with Crippen LogP contribution < -0.4 is 0 Å². The highest BCUT2D eigenvalue weighted by atomic mass is 16.1. The van der Waals surface area contributed by atoms with Gasteiger partial charge in [-0.25, -0.2) is 0 Å². The minimum absolute atomic E-state index is 0.533. The van der Waals surface area contributed by atoms with E-state index < -0.39 is 43.4 Å². The normalized spacial score (nSPS) is 71.0. The molecule has 0 aromatic carbocycles. The molecular formula is C6H11NO. The number of rotatable bonds is 0. The van der Waals surface area contributed by atoms with Crippen molar-refractivity contribution in [1.29, 1.82) is 0 Å². The van der Waals surface area contributed by atoms with E-state index in [2.05, 4.69) is 0 Å². The van der Waals surface area contributed by atoms with Crippen molar-refractivity contribution in [3.63, 3.8) is 0 Å². The van der Waals surface area contributed by atoms with Gasteiger partial charge in [0.15, 0.2) is 0 Å². The fourth-order valence-corrected chi connectivity index (χ4v) is 0.273. The zero-order chi connectivity index (χ0) is 15.7. The molecule has 0 bridgehead atoms. The first-order valence-electron chi connectivity index (χ1n) is 7.37. The molecule has 0 saturated carbocycles. The first-order chi connectivity index (χ1) is 8.02. The van der Waals surface area contributed by atoms with Gasteiger partial charge in [-0.05, 0) is 6.98 Å². The minimum Gasteiger partial charge on any atom is -0.305 e. The Kier molecular flexibility index (Phi) is 0.274. The lowest BCUT2D eigenvalue weighted by Crippen LogP contribution is -2.29. The standard InChI is InChI=1S/C6H11NO/c1-7-4-2-6(8)3-5-7/h2-5H2,1H3/i1D3,2D2,3D2,4D2,5D2. The maximum Gasteiger partial charge on any atom is 0.135 e. The summed E-state index contributed by atoms with van der Waals surface area (Å²) >= 11 is 0. The van der Waals surface area contributed by atoms with E-state index in [1.807, 2.05) is 0 Å². The Labute approximate surface area is 64.9 Å². The third-order valence-electron chi connectivity index (χ3n) is 0.562. The van der Waals surface area contributed by atoms with E-state index >= 15 is 0 Å². The van der Waals surface area contributed by atoms with Gasteiger partial charge in [0.2, 0.25) is 0 Å². The molecule has 2 heteroatoms. The maximum atomic E-state index is 11.6. The summed E-state index contributed by atoms with van der Waals surface area (Å²) in [6, 6.07) is 0. The topological polar surface area (TPSA) is 20.3 Å². The maximum absolute atomic E-state index is 11.6. The van der Waals surface area contributed by atoms with E-state index in [1.54, 1.807) is 0 Å². The molecule has 0 unspecified atom stereocenters. The largest absolute Gasteiger partial charge is 0.305 e. The highest BCUT2D eigenvalue weighted by Crippen LogP contribution is 2.01. The second-order valence-electron chi connectivity index (χ2n) is 1.14. The molecule has 0 amide bonds. The molecule has 0 aliphatic carbocycles. The molecule has 0 spiro atoms. The SMILES string of the molecule is [2H]C([2H])([2H])N1C([2H])([2H])C([2H])([2H])C(=O)C([2H])([2H])C1([2H])[2H]. The highest BCUT2D eigenvalue weighted by molar-refractivity contribution is 5.79. The quantitative estimate of drug-likeness (QED) is 0.462. The molecule has 1 saturated heterocycles. The third kappa shape index (κ3) is 1.30. The summed E-state index contributed by atoms with van der Waals surface area (Å²) in [6.45, 7) is -10.5. The van der Waals surface area contributed by atoms with Gasteiger partial charge in [0.1, 0.15) is 5.78 Å². The van der Waals surface area contributed by atoms with Crippen molar-refractivity contribution in [2.45, 2.75) is 12.7 Å². The summed E-state index contributed by atoms with van der Waals surface area (Å²) in [7, 11) is 0. The molecule has 8 heavy (non-hydrogen) atoms. The Bertz CT molecular complexity index is 380. The van der Waals surface area contributed by atoms with Crippen LogP contribution in [0.4, 0.5) is 0 Å². The van der Waals surface area contributed by atoms with Crippen molar-refractivity contribution in [2.75, 3.05) is 20.0 Å². The van der Waals surface area contributed by atoms with E-state index in [9.17, 15) is 4.79 Å². The Hall–Kier alpha value is -0.370. The average Bonchev–Trinajstić information content (AvgIpc) is 2.10. The fraction of sp³-hybridized carbons (Fsp3) is 0.833. The highest BCUT2D eigenvalue weighted by Gasteiger charge is 2.10. The molecule has 1 fully saturated rings. The van der Waals surface area contributed by atoms with Gasteiger partial charge in [0, 0.05) is 40.8 Å². The number of carbonyl (C=O) groups is 1. The molecular weight excluding hydrogens is 102 g/mol.